The molecule has 0 fully saturated rings. The number of rotatable bonds is 7. The normalized spacial score (nSPS) is 10.4. The van der Waals surface area contributed by atoms with Crippen molar-refractivity contribution in [1.82, 2.24) is 9.97 Å². The topological polar surface area (TPSA) is 96.2 Å². The molecule has 2 N–H and O–H groups in total. The van der Waals surface area contributed by atoms with Gasteiger partial charge in [0.05, 0.1) is 22.0 Å². The predicted molar refractivity (Wildman–Crippen MR) is 117 cm³/mol. The van der Waals surface area contributed by atoms with Gasteiger partial charge in [0.1, 0.15) is 18.0 Å². The van der Waals surface area contributed by atoms with Crippen LogP contribution in [0.15, 0.2) is 85.2 Å². The van der Waals surface area contributed by atoms with Crippen LogP contribution in [-0.4, -0.2) is 14.9 Å². The van der Waals surface area contributed by atoms with Gasteiger partial charge in [-0.15, -0.1) is 0 Å². The summed E-state index contributed by atoms with van der Waals surface area (Å²) in [6.45, 7) is 0. The largest absolute Gasteiger partial charge is 0.355 e. The molecule has 1 heterocycles. The maximum Gasteiger partial charge on any atom is 0.355 e. The Labute approximate surface area is 181 Å². The minimum absolute atomic E-state index is 0.122. The van der Waals surface area contributed by atoms with E-state index in [1.165, 1.54) is 0 Å². The molecule has 0 aliphatic carbocycles. The minimum atomic E-state index is -0.914. The summed E-state index contributed by atoms with van der Waals surface area (Å²) < 4.78 is 27.3. The monoisotopic (exact) mass is 434 g/mol. The highest BCUT2D eigenvalue weighted by molar-refractivity contribution is 5.77. The van der Waals surface area contributed by atoms with Gasteiger partial charge in [-0.2, -0.15) is 0 Å². The molecule has 10 heteroatoms. The van der Waals surface area contributed by atoms with E-state index in [-0.39, 0.29) is 17.3 Å². The van der Waals surface area contributed by atoms with Crippen LogP contribution in [-0.2, 0) is 0 Å². The van der Waals surface area contributed by atoms with Crippen molar-refractivity contribution in [3.05, 3.63) is 107 Å². The van der Waals surface area contributed by atoms with Crippen LogP contribution in [0.3, 0.4) is 0 Å². The van der Waals surface area contributed by atoms with E-state index in [1.807, 2.05) is 60.7 Å². The molecule has 160 valence electrons. The highest BCUT2D eigenvalue weighted by Crippen LogP contribution is 2.34. The average Bonchev–Trinajstić information content (AvgIpc) is 2.80. The Bertz CT molecular complexity index is 1200. The molecule has 0 amide bonds. The smallest absolute Gasteiger partial charge is 0.332 e. The van der Waals surface area contributed by atoms with Crippen LogP contribution in [0.4, 0.5) is 43.2 Å². The number of nitro groups is 1. The van der Waals surface area contributed by atoms with Crippen molar-refractivity contribution >= 4 is 34.4 Å². The predicted octanol–water partition coefficient (Wildman–Crippen LogP) is 5.57. The van der Waals surface area contributed by atoms with E-state index in [0.29, 0.717) is 17.4 Å². The molecule has 32 heavy (non-hydrogen) atoms. The van der Waals surface area contributed by atoms with Gasteiger partial charge in [-0.1, -0.05) is 36.4 Å². The fraction of sp³-hybridized carbons (Fsp3) is 0. The lowest BCUT2D eigenvalue weighted by Crippen LogP contribution is -2.26. The fourth-order valence-corrected chi connectivity index (χ4v) is 2.98. The minimum Gasteiger partial charge on any atom is -0.332 e. The molecule has 0 saturated heterocycles. The van der Waals surface area contributed by atoms with Gasteiger partial charge < -0.3 is 5.32 Å². The van der Waals surface area contributed by atoms with Gasteiger partial charge >= 0.3 is 5.69 Å². The van der Waals surface area contributed by atoms with Crippen molar-refractivity contribution in [3.63, 3.8) is 0 Å². The van der Waals surface area contributed by atoms with E-state index in [2.05, 4.69) is 20.7 Å². The number of hydrazine groups is 1. The van der Waals surface area contributed by atoms with E-state index in [0.717, 1.165) is 18.5 Å². The Morgan fingerprint density at radius 2 is 1.44 bits per heavy atom. The van der Waals surface area contributed by atoms with Gasteiger partial charge in [-0.25, -0.2) is 18.7 Å². The zero-order valence-electron chi connectivity index (χ0n) is 16.4. The summed E-state index contributed by atoms with van der Waals surface area (Å²) in [6, 6.07) is 21.1. The Hall–Kier alpha value is -4.60. The Kier molecular flexibility index (Phi) is 5.84. The van der Waals surface area contributed by atoms with E-state index >= 15 is 0 Å². The third kappa shape index (κ3) is 4.43. The highest BCUT2D eigenvalue weighted by Gasteiger charge is 2.26. The quantitative estimate of drug-likeness (QED) is 0.290. The second-order valence-electron chi connectivity index (χ2n) is 6.54. The number of halogens is 2. The first-order valence-corrected chi connectivity index (χ1v) is 9.41. The van der Waals surface area contributed by atoms with Crippen LogP contribution in [0.2, 0.25) is 0 Å². The van der Waals surface area contributed by atoms with Crippen LogP contribution in [0, 0.1) is 21.7 Å². The molecule has 1 aromatic heterocycles. The fourth-order valence-electron chi connectivity index (χ4n) is 2.98. The van der Waals surface area contributed by atoms with Crippen molar-refractivity contribution < 1.29 is 13.7 Å². The number of anilines is 5. The molecule has 4 rings (SSSR count). The Morgan fingerprint density at radius 3 is 2.00 bits per heavy atom. The summed E-state index contributed by atoms with van der Waals surface area (Å²) in [4.78, 5) is 19.1. The van der Waals surface area contributed by atoms with Gasteiger partial charge in [-0.3, -0.25) is 20.5 Å². The van der Waals surface area contributed by atoms with Gasteiger partial charge in [0, 0.05) is 6.07 Å². The molecule has 0 aliphatic rings. The third-order valence-electron chi connectivity index (χ3n) is 4.44. The van der Waals surface area contributed by atoms with Crippen LogP contribution in [0.5, 0.6) is 0 Å². The number of para-hydroxylation sites is 2. The lowest BCUT2D eigenvalue weighted by atomic mass is 10.2. The number of hydrogen-bond donors (Lipinski definition) is 2. The van der Waals surface area contributed by atoms with Crippen LogP contribution < -0.4 is 15.8 Å². The van der Waals surface area contributed by atoms with E-state index in [9.17, 15) is 18.9 Å². The van der Waals surface area contributed by atoms with Crippen molar-refractivity contribution in [3.8, 4) is 0 Å². The van der Waals surface area contributed by atoms with E-state index < -0.39 is 22.2 Å². The van der Waals surface area contributed by atoms with Crippen molar-refractivity contribution in [2.24, 2.45) is 0 Å². The second-order valence-corrected chi connectivity index (χ2v) is 6.54. The standard InChI is InChI=1S/C22H16F2N6O2/c23-15-11-12-19(18(24)13-15)27-21-20(30(31)32)22(26-14-25-21)28-29(16-7-3-1-4-8-16)17-9-5-2-6-10-17/h1-14H,(H2,25,26,27,28). The summed E-state index contributed by atoms with van der Waals surface area (Å²) in [5.41, 5.74) is 3.69. The molecule has 0 saturated carbocycles. The average molecular weight is 434 g/mol. The molecular formula is C22H16F2N6O2. The summed E-state index contributed by atoms with van der Waals surface area (Å²) >= 11 is 0. The Morgan fingerprint density at radius 1 is 0.844 bits per heavy atom. The maximum atomic E-state index is 14.1. The molecule has 0 spiro atoms. The van der Waals surface area contributed by atoms with Gasteiger partial charge in [0.25, 0.3) is 0 Å². The molecular weight excluding hydrogens is 418 g/mol. The molecule has 4 aromatic rings. The van der Waals surface area contributed by atoms with Crippen LogP contribution >= 0.6 is 0 Å². The van der Waals surface area contributed by atoms with Gasteiger partial charge in [0.15, 0.2) is 0 Å². The number of nitrogens with zero attached hydrogens (tertiary/aromatic N) is 4. The van der Waals surface area contributed by atoms with Crippen LogP contribution in [0.1, 0.15) is 0 Å². The first kappa shape index (κ1) is 20.7. The lowest BCUT2D eigenvalue weighted by Gasteiger charge is -2.26. The highest BCUT2D eigenvalue weighted by atomic mass is 19.1. The summed E-state index contributed by atoms with van der Waals surface area (Å²) in [7, 11) is 0. The van der Waals surface area contributed by atoms with Gasteiger partial charge in [0.2, 0.25) is 11.6 Å². The molecule has 3 aromatic carbocycles. The van der Waals surface area contributed by atoms with Crippen LogP contribution in [0.25, 0.3) is 0 Å². The van der Waals surface area contributed by atoms with E-state index in [1.54, 1.807) is 5.01 Å². The number of aromatic nitrogens is 2. The zero-order valence-corrected chi connectivity index (χ0v) is 16.4. The van der Waals surface area contributed by atoms with Crippen molar-refractivity contribution in [2.45, 2.75) is 0 Å². The van der Waals surface area contributed by atoms with Crippen molar-refractivity contribution in [2.75, 3.05) is 15.8 Å². The molecule has 0 bridgehead atoms. The summed E-state index contributed by atoms with van der Waals surface area (Å²) in [5, 5.41) is 16.1. The summed E-state index contributed by atoms with van der Waals surface area (Å²) in [5.74, 6) is -2.06. The second kappa shape index (κ2) is 9.04. The molecule has 0 atom stereocenters. The number of nitrogens with one attached hydrogen (secondary N) is 2. The molecule has 0 radical (unpaired) electrons. The molecule has 0 unspecified atom stereocenters. The number of benzene rings is 3. The van der Waals surface area contributed by atoms with E-state index in [4.69, 9.17) is 0 Å². The number of hydrogen-bond acceptors (Lipinski definition) is 7. The first-order valence-electron chi connectivity index (χ1n) is 9.41. The van der Waals surface area contributed by atoms with Crippen molar-refractivity contribution in [1.29, 1.82) is 0 Å². The summed E-state index contributed by atoms with van der Waals surface area (Å²) in [6.07, 6.45) is 1.10. The Balaban J connectivity index is 1.75. The zero-order chi connectivity index (χ0) is 22.5. The third-order valence-corrected chi connectivity index (χ3v) is 4.44. The molecule has 0 aliphatic heterocycles. The molecule has 8 nitrogen and oxygen atoms in total. The SMILES string of the molecule is O=[N+]([O-])c1c(Nc2ccc(F)cc2F)ncnc1NN(c1ccccc1)c1ccccc1. The first-order chi connectivity index (χ1) is 15.5. The lowest BCUT2D eigenvalue weighted by molar-refractivity contribution is -0.383. The van der Waals surface area contributed by atoms with Gasteiger partial charge in [-0.05, 0) is 36.4 Å². The maximum absolute atomic E-state index is 14.1.